The maximum atomic E-state index is 6.51. The van der Waals surface area contributed by atoms with E-state index >= 15 is 0 Å². The first-order chi connectivity index (χ1) is 35.0. The van der Waals surface area contributed by atoms with Gasteiger partial charge in [-0.3, -0.25) is 0 Å². The first-order valence-electron chi connectivity index (χ1n) is 24.4. The summed E-state index contributed by atoms with van der Waals surface area (Å²) in [7, 11) is 0. The maximum Gasteiger partial charge on any atom is 0.143 e. The number of para-hydroxylation sites is 4. The van der Waals surface area contributed by atoms with Crippen molar-refractivity contribution in [3.05, 3.63) is 236 Å². The highest BCUT2D eigenvalue weighted by atomic mass is 32.1. The van der Waals surface area contributed by atoms with Gasteiger partial charge in [-0.15, -0.1) is 11.3 Å². The summed E-state index contributed by atoms with van der Waals surface area (Å²) in [4.78, 5) is 2.40. The molecule has 0 spiro atoms. The molecule has 0 saturated carbocycles. The van der Waals surface area contributed by atoms with Crippen LogP contribution >= 0.6 is 11.3 Å². The van der Waals surface area contributed by atoms with Gasteiger partial charge in [0, 0.05) is 80.6 Å². The Balaban J connectivity index is 0.870. The average Bonchev–Trinajstić information content (AvgIpc) is 4.17. The Morgan fingerprint density at radius 1 is 0.366 bits per heavy atom. The van der Waals surface area contributed by atoms with Crippen LogP contribution in [0.4, 0.5) is 17.1 Å². The Bertz CT molecular complexity index is 4330. The Labute approximate surface area is 414 Å². The molecule has 0 amide bonds. The highest BCUT2D eigenvalue weighted by molar-refractivity contribution is 7.26. The minimum atomic E-state index is -0.151. The number of nitrogens with zero attached hydrogens (tertiary/aromatic N) is 1. The molecule has 0 fully saturated rings. The lowest BCUT2D eigenvalue weighted by atomic mass is 9.81. The van der Waals surface area contributed by atoms with Gasteiger partial charge in [-0.25, -0.2) is 0 Å². The number of fused-ring (bicyclic) bond motifs is 14. The third kappa shape index (κ3) is 5.95. The van der Waals surface area contributed by atoms with E-state index in [-0.39, 0.29) is 5.41 Å². The lowest BCUT2D eigenvalue weighted by Gasteiger charge is -2.28. The number of furan rings is 2. The fraction of sp³-hybridized carbons (Fsp3) is 0.0448. The summed E-state index contributed by atoms with van der Waals surface area (Å²) >= 11 is 1.92. The van der Waals surface area contributed by atoms with Crippen LogP contribution in [0.15, 0.2) is 233 Å². The van der Waals surface area contributed by atoms with E-state index in [9.17, 15) is 0 Å². The molecule has 14 aromatic rings. The molecule has 0 radical (unpaired) electrons. The van der Waals surface area contributed by atoms with Crippen molar-refractivity contribution in [3.8, 4) is 44.5 Å². The minimum Gasteiger partial charge on any atom is -0.455 e. The van der Waals surface area contributed by atoms with Gasteiger partial charge in [-0.2, -0.15) is 0 Å². The highest BCUT2D eigenvalue weighted by Gasteiger charge is 2.37. The van der Waals surface area contributed by atoms with Crippen LogP contribution < -0.4 is 4.90 Å². The predicted molar refractivity (Wildman–Crippen MR) is 300 cm³/mol. The molecular weight excluding hydrogens is 883 g/mol. The summed E-state index contributed by atoms with van der Waals surface area (Å²) in [5, 5.41) is 9.57. The van der Waals surface area contributed by atoms with E-state index in [2.05, 4.69) is 219 Å². The topological polar surface area (TPSA) is 29.5 Å². The molecule has 1 aliphatic carbocycles. The van der Waals surface area contributed by atoms with E-state index in [0.29, 0.717) is 0 Å². The number of hydrogen-bond acceptors (Lipinski definition) is 4. The predicted octanol–water partition coefficient (Wildman–Crippen LogP) is 19.8. The molecule has 3 aromatic heterocycles. The summed E-state index contributed by atoms with van der Waals surface area (Å²) in [5.74, 6) is 0. The molecule has 0 atom stereocenters. The smallest absolute Gasteiger partial charge is 0.143 e. The summed E-state index contributed by atoms with van der Waals surface area (Å²) in [6, 6.07) is 81.7. The largest absolute Gasteiger partial charge is 0.455 e. The SMILES string of the molecule is CC1(C)c2cc(-c3ccc(N(c4ccc(-c5cccc6c5oc5ccccc56)cc4)c4ccc(-c5cccc6c5oc5ccccc56)cc4)c4ccccc34)ccc2-c2c1ccc1c2sc2ccccc21. The maximum absolute atomic E-state index is 6.51. The minimum absolute atomic E-state index is 0.151. The Hall–Kier alpha value is -8.70. The summed E-state index contributed by atoms with van der Waals surface area (Å²) in [6.45, 7) is 4.79. The van der Waals surface area contributed by atoms with Gasteiger partial charge >= 0.3 is 0 Å². The van der Waals surface area contributed by atoms with Gasteiger partial charge in [-0.1, -0.05) is 184 Å². The van der Waals surface area contributed by atoms with Crippen LogP contribution in [0.2, 0.25) is 0 Å². The molecule has 0 unspecified atom stereocenters. The van der Waals surface area contributed by atoms with Gasteiger partial charge in [0.25, 0.3) is 0 Å². The monoisotopic (exact) mass is 925 g/mol. The summed E-state index contributed by atoms with van der Waals surface area (Å²) in [5.41, 5.74) is 19.0. The molecule has 15 rings (SSSR count). The number of thiophene rings is 1. The molecule has 3 heterocycles. The van der Waals surface area contributed by atoms with Crippen LogP contribution in [0.25, 0.3) is 119 Å². The van der Waals surface area contributed by atoms with Crippen molar-refractivity contribution >= 4 is 103 Å². The van der Waals surface area contributed by atoms with Gasteiger partial charge in [0.15, 0.2) is 0 Å². The molecule has 4 heteroatoms. The molecule has 11 aromatic carbocycles. The van der Waals surface area contributed by atoms with Crippen LogP contribution in [0.3, 0.4) is 0 Å². The van der Waals surface area contributed by atoms with Gasteiger partial charge in [0.1, 0.15) is 22.3 Å². The van der Waals surface area contributed by atoms with Crippen LogP contribution in [0, 0.1) is 0 Å². The van der Waals surface area contributed by atoms with E-state index in [1.807, 2.05) is 35.6 Å². The Morgan fingerprint density at radius 2 is 0.887 bits per heavy atom. The fourth-order valence-corrected chi connectivity index (χ4v) is 13.1. The normalized spacial score (nSPS) is 13.0. The third-order valence-electron chi connectivity index (χ3n) is 15.3. The molecule has 0 saturated heterocycles. The van der Waals surface area contributed by atoms with E-state index in [1.165, 1.54) is 64.3 Å². The first kappa shape index (κ1) is 40.2. The standard InChI is InChI=1S/C67H43NO2S/c1-67(2)57-37-35-55-52-17-7-10-24-62(52)71-66(55)63(57)56-34-29-42(39-58(56)67)45-36-38-59(49-14-4-3-13-48(45)49)68(43-30-25-40(26-31-43)46-18-11-20-53-50-15-5-8-22-60(50)69-64(46)53)44-32-27-41(28-33-44)47-19-12-21-54-51-16-6-9-23-61(51)70-65(47)54/h3-39H,1-2H3. The molecule has 3 nitrogen and oxygen atoms in total. The molecule has 1 aliphatic rings. The zero-order valence-corrected chi connectivity index (χ0v) is 39.9. The van der Waals surface area contributed by atoms with Crippen molar-refractivity contribution in [1.82, 2.24) is 0 Å². The van der Waals surface area contributed by atoms with Crippen LogP contribution in [0.5, 0.6) is 0 Å². The zero-order valence-electron chi connectivity index (χ0n) is 39.0. The average molecular weight is 926 g/mol. The van der Waals surface area contributed by atoms with Crippen molar-refractivity contribution in [2.75, 3.05) is 4.90 Å². The second-order valence-electron chi connectivity index (χ2n) is 19.5. The van der Waals surface area contributed by atoms with Crippen molar-refractivity contribution in [1.29, 1.82) is 0 Å². The number of benzene rings is 11. The second-order valence-corrected chi connectivity index (χ2v) is 20.6. The highest BCUT2D eigenvalue weighted by Crippen LogP contribution is 2.55. The van der Waals surface area contributed by atoms with Gasteiger partial charge in [-0.05, 0) is 98.9 Å². The molecular formula is C67H43NO2S. The van der Waals surface area contributed by atoms with Gasteiger partial charge in [0.05, 0.1) is 5.69 Å². The van der Waals surface area contributed by atoms with Crippen molar-refractivity contribution in [2.24, 2.45) is 0 Å². The lowest BCUT2D eigenvalue weighted by Crippen LogP contribution is -2.15. The van der Waals surface area contributed by atoms with E-state index in [0.717, 1.165) is 83.2 Å². The lowest BCUT2D eigenvalue weighted by molar-refractivity contribution is 0.661. The van der Waals surface area contributed by atoms with E-state index < -0.39 is 0 Å². The fourth-order valence-electron chi connectivity index (χ4n) is 11.9. The van der Waals surface area contributed by atoms with Crippen LogP contribution in [-0.4, -0.2) is 0 Å². The number of anilines is 3. The molecule has 71 heavy (non-hydrogen) atoms. The summed E-state index contributed by atoms with van der Waals surface area (Å²) in [6.07, 6.45) is 0. The Morgan fingerprint density at radius 3 is 1.52 bits per heavy atom. The zero-order chi connectivity index (χ0) is 47.0. The number of hydrogen-bond donors (Lipinski definition) is 0. The van der Waals surface area contributed by atoms with Gasteiger partial charge < -0.3 is 13.7 Å². The molecule has 0 bridgehead atoms. The molecule has 0 aliphatic heterocycles. The second kappa shape index (κ2) is 15.1. The first-order valence-corrected chi connectivity index (χ1v) is 25.2. The summed E-state index contributed by atoms with van der Waals surface area (Å²) < 4.78 is 15.7. The van der Waals surface area contributed by atoms with E-state index in [1.54, 1.807) is 0 Å². The Kier molecular flexibility index (Phi) is 8.58. The van der Waals surface area contributed by atoms with Crippen molar-refractivity contribution < 1.29 is 8.83 Å². The molecule has 0 N–H and O–H groups in total. The van der Waals surface area contributed by atoms with Crippen molar-refractivity contribution in [2.45, 2.75) is 19.3 Å². The quantitative estimate of drug-likeness (QED) is 0.166. The van der Waals surface area contributed by atoms with E-state index in [4.69, 9.17) is 8.83 Å². The van der Waals surface area contributed by atoms with Crippen molar-refractivity contribution in [3.63, 3.8) is 0 Å². The third-order valence-corrected chi connectivity index (χ3v) is 16.5. The van der Waals surface area contributed by atoms with Gasteiger partial charge in [0.2, 0.25) is 0 Å². The molecule has 334 valence electrons. The van der Waals surface area contributed by atoms with Crippen LogP contribution in [-0.2, 0) is 5.41 Å². The number of rotatable bonds is 6. The van der Waals surface area contributed by atoms with Crippen LogP contribution in [0.1, 0.15) is 25.0 Å².